The molecule has 1 aromatic heterocycles. The number of carbonyl (C=O) groups is 2. The second-order valence-corrected chi connectivity index (χ2v) is 6.00. The zero-order valence-electron chi connectivity index (χ0n) is 13.7. The summed E-state index contributed by atoms with van der Waals surface area (Å²) in [5.41, 5.74) is 2.24. The van der Waals surface area contributed by atoms with E-state index < -0.39 is 0 Å². The molecule has 7 nitrogen and oxygen atoms in total. The largest absolute Gasteiger partial charge is 0.336 e. The van der Waals surface area contributed by atoms with Crippen LogP contribution < -0.4 is 5.32 Å². The van der Waals surface area contributed by atoms with E-state index >= 15 is 0 Å². The van der Waals surface area contributed by atoms with Gasteiger partial charge in [-0.1, -0.05) is 24.3 Å². The van der Waals surface area contributed by atoms with Gasteiger partial charge in [-0.25, -0.2) is 0 Å². The van der Waals surface area contributed by atoms with Gasteiger partial charge >= 0.3 is 0 Å². The number of hydrogen-bond acceptors (Lipinski definition) is 4. The van der Waals surface area contributed by atoms with Gasteiger partial charge in [0.25, 0.3) is 0 Å². The minimum absolute atomic E-state index is 0.108. The Hall–Kier alpha value is -2.70. The van der Waals surface area contributed by atoms with Crippen LogP contribution in [0.4, 0.5) is 5.95 Å². The van der Waals surface area contributed by atoms with Gasteiger partial charge in [0.15, 0.2) is 0 Å². The second-order valence-electron chi connectivity index (χ2n) is 6.00. The van der Waals surface area contributed by atoms with Crippen LogP contribution in [0.15, 0.2) is 30.6 Å². The molecule has 0 saturated carbocycles. The zero-order chi connectivity index (χ0) is 16.9. The fraction of sp³-hybridized carbons (Fsp3) is 0.412. The third-order valence-corrected chi connectivity index (χ3v) is 4.31. The summed E-state index contributed by atoms with van der Waals surface area (Å²) >= 11 is 0. The van der Waals surface area contributed by atoms with Crippen LogP contribution in [-0.4, -0.2) is 38.4 Å². The summed E-state index contributed by atoms with van der Waals surface area (Å²) in [5, 5.41) is 10.0. The molecule has 1 atom stereocenters. The molecular weight excluding hydrogens is 306 g/mol. The topological polar surface area (TPSA) is 91.0 Å². The van der Waals surface area contributed by atoms with Crippen molar-refractivity contribution >= 4 is 17.8 Å². The lowest BCUT2D eigenvalue weighted by molar-refractivity contribution is -0.129. The molecule has 0 aliphatic carbocycles. The fourth-order valence-electron chi connectivity index (χ4n) is 3.17. The Morgan fingerprint density at radius 2 is 2.29 bits per heavy atom. The predicted molar refractivity (Wildman–Crippen MR) is 89.1 cm³/mol. The number of aromatic nitrogens is 3. The molecule has 0 radical (unpaired) electrons. The van der Waals surface area contributed by atoms with E-state index in [-0.39, 0.29) is 17.9 Å². The maximum atomic E-state index is 11.9. The number of carbonyl (C=O) groups excluding carboxylic acids is 2. The van der Waals surface area contributed by atoms with Crippen LogP contribution >= 0.6 is 0 Å². The molecule has 0 bridgehead atoms. The maximum Gasteiger partial charge on any atom is 0.228 e. The summed E-state index contributed by atoms with van der Waals surface area (Å²) in [6.07, 6.45) is 4.45. The van der Waals surface area contributed by atoms with Crippen LogP contribution in [0.1, 0.15) is 43.4 Å². The molecule has 0 spiro atoms. The summed E-state index contributed by atoms with van der Waals surface area (Å²) in [4.78, 5) is 28.3. The highest BCUT2D eigenvalue weighted by molar-refractivity contribution is 5.88. The molecule has 2 heterocycles. The number of likely N-dealkylation sites (tertiary alicyclic amines) is 1. The van der Waals surface area contributed by atoms with Crippen LogP contribution in [0.25, 0.3) is 0 Å². The lowest BCUT2D eigenvalue weighted by Crippen LogP contribution is -2.28. The van der Waals surface area contributed by atoms with Crippen LogP contribution in [0.3, 0.4) is 0 Å². The molecule has 126 valence electrons. The second kappa shape index (κ2) is 7.25. The fourth-order valence-corrected chi connectivity index (χ4v) is 3.17. The van der Waals surface area contributed by atoms with Crippen molar-refractivity contribution in [1.29, 1.82) is 0 Å². The number of hydrogen-bond donors (Lipinski definition) is 2. The standard InChI is InChI=1S/C17H21N5O2/c1-12(23)22-9-3-6-15(22)14-5-2-4-13(10-14)7-8-16(24)20-17-18-11-19-21-17/h2,4-5,10-11,15H,3,6-9H2,1H3,(H2,18,19,20,21,24). The predicted octanol–water partition coefficient (Wildman–Crippen LogP) is 2.06. The normalized spacial score (nSPS) is 17.0. The van der Waals surface area contributed by atoms with Crippen LogP contribution in [0.5, 0.6) is 0 Å². The van der Waals surface area contributed by atoms with Crippen LogP contribution in [0.2, 0.25) is 0 Å². The minimum atomic E-state index is -0.108. The number of aromatic amines is 1. The Balaban J connectivity index is 1.61. The number of benzene rings is 1. The van der Waals surface area contributed by atoms with Crippen molar-refractivity contribution < 1.29 is 9.59 Å². The van der Waals surface area contributed by atoms with E-state index in [1.54, 1.807) is 6.92 Å². The van der Waals surface area contributed by atoms with E-state index in [0.717, 1.165) is 30.5 Å². The molecule has 24 heavy (non-hydrogen) atoms. The quantitative estimate of drug-likeness (QED) is 0.879. The van der Waals surface area contributed by atoms with Crippen molar-refractivity contribution in [3.05, 3.63) is 41.7 Å². The van der Waals surface area contributed by atoms with Crippen LogP contribution in [0, 0.1) is 0 Å². The van der Waals surface area contributed by atoms with Gasteiger partial charge in [0, 0.05) is 19.9 Å². The van der Waals surface area contributed by atoms with Crippen LogP contribution in [-0.2, 0) is 16.0 Å². The molecule has 3 rings (SSSR count). The number of H-pyrrole nitrogens is 1. The molecule has 2 N–H and O–H groups in total. The van der Waals surface area contributed by atoms with E-state index in [1.807, 2.05) is 17.0 Å². The Morgan fingerprint density at radius 1 is 1.42 bits per heavy atom. The Bertz CT molecular complexity index is 714. The van der Waals surface area contributed by atoms with Crippen molar-refractivity contribution in [3.8, 4) is 0 Å². The highest BCUT2D eigenvalue weighted by atomic mass is 16.2. The van der Waals surface area contributed by atoms with E-state index in [0.29, 0.717) is 18.8 Å². The SMILES string of the molecule is CC(=O)N1CCCC1c1cccc(CCC(=O)Nc2nnc[nH]2)c1. The third-order valence-electron chi connectivity index (χ3n) is 4.31. The Morgan fingerprint density at radius 3 is 3.04 bits per heavy atom. The van der Waals surface area contributed by atoms with Crippen molar-refractivity contribution in [1.82, 2.24) is 20.1 Å². The molecule has 1 saturated heterocycles. The first-order valence-corrected chi connectivity index (χ1v) is 8.15. The van der Waals surface area contributed by atoms with Gasteiger partial charge in [0.05, 0.1) is 6.04 Å². The van der Waals surface area contributed by atoms with E-state index in [2.05, 4.69) is 32.6 Å². The molecule has 1 aliphatic rings. The van der Waals surface area contributed by atoms with Gasteiger partial charge < -0.3 is 9.88 Å². The molecule has 1 aromatic carbocycles. The third kappa shape index (κ3) is 3.79. The molecule has 1 unspecified atom stereocenters. The smallest absolute Gasteiger partial charge is 0.228 e. The first kappa shape index (κ1) is 16.2. The Kier molecular flexibility index (Phi) is 4.88. The number of nitrogens with one attached hydrogen (secondary N) is 2. The van der Waals surface area contributed by atoms with E-state index in [9.17, 15) is 9.59 Å². The number of amides is 2. The minimum Gasteiger partial charge on any atom is -0.336 e. The van der Waals surface area contributed by atoms with E-state index in [4.69, 9.17) is 0 Å². The van der Waals surface area contributed by atoms with Gasteiger partial charge in [-0.3, -0.25) is 14.9 Å². The number of anilines is 1. The van der Waals surface area contributed by atoms with Gasteiger partial charge in [-0.05, 0) is 30.4 Å². The summed E-state index contributed by atoms with van der Waals surface area (Å²) in [5.74, 6) is 0.370. The molecule has 2 aromatic rings. The maximum absolute atomic E-state index is 11.9. The highest BCUT2D eigenvalue weighted by Gasteiger charge is 2.27. The molecule has 1 fully saturated rings. The van der Waals surface area contributed by atoms with Gasteiger partial charge in [0.1, 0.15) is 6.33 Å². The van der Waals surface area contributed by atoms with Gasteiger partial charge in [-0.15, -0.1) is 10.2 Å². The summed E-state index contributed by atoms with van der Waals surface area (Å²) in [6.45, 7) is 2.44. The summed E-state index contributed by atoms with van der Waals surface area (Å²) < 4.78 is 0. The monoisotopic (exact) mass is 327 g/mol. The van der Waals surface area contributed by atoms with Gasteiger partial charge in [0.2, 0.25) is 17.8 Å². The molecule has 2 amide bonds. The van der Waals surface area contributed by atoms with Crippen molar-refractivity contribution in [3.63, 3.8) is 0 Å². The van der Waals surface area contributed by atoms with E-state index in [1.165, 1.54) is 6.33 Å². The molecule has 7 heteroatoms. The first-order chi connectivity index (χ1) is 11.6. The lowest BCUT2D eigenvalue weighted by Gasteiger charge is -2.24. The number of nitrogens with zero attached hydrogens (tertiary/aromatic N) is 3. The first-order valence-electron chi connectivity index (χ1n) is 8.15. The highest BCUT2D eigenvalue weighted by Crippen LogP contribution is 2.32. The van der Waals surface area contributed by atoms with Crippen molar-refractivity contribution in [2.75, 3.05) is 11.9 Å². The average Bonchev–Trinajstić information content (AvgIpc) is 3.24. The summed E-state index contributed by atoms with van der Waals surface area (Å²) in [7, 11) is 0. The number of aryl methyl sites for hydroxylation is 1. The van der Waals surface area contributed by atoms with Crippen molar-refractivity contribution in [2.24, 2.45) is 0 Å². The zero-order valence-corrected chi connectivity index (χ0v) is 13.7. The Labute approximate surface area is 140 Å². The average molecular weight is 327 g/mol. The summed E-state index contributed by atoms with van der Waals surface area (Å²) in [6, 6.07) is 8.33. The van der Waals surface area contributed by atoms with Gasteiger partial charge in [-0.2, -0.15) is 0 Å². The lowest BCUT2D eigenvalue weighted by atomic mass is 9.99. The van der Waals surface area contributed by atoms with Crippen molar-refractivity contribution in [2.45, 2.75) is 38.6 Å². The molecule has 1 aliphatic heterocycles. The number of rotatable bonds is 5. The molecular formula is C17H21N5O2.